The molecule has 1 N–H and O–H groups in total. The number of carbonyl (C=O) groups excluding carboxylic acids is 2. The molecule has 4 rings (SSSR count). The molecule has 1 saturated heterocycles. The van der Waals surface area contributed by atoms with Gasteiger partial charge in [0.1, 0.15) is 5.75 Å². The maximum absolute atomic E-state index is 12.6. The molecular formula is C16H15NO3. The summed E-state index contributed by atoms with van der Waals surface area (Å²) >= 11 is 0. The first-order valence-corrected chi connectivity index (χ1v) is 6.93. The van der Waals surface area contributed by atoms with Crippen LogP contribution in [0.1, 0.15) is 12.0 Å². The summed E-state index contributed by atoms with van der Waals surface area (Å²) in [6, 6.07) is 4.95. The quantitative estimate of drug-likeness (QED) is 0.626. The molecule has 2 aliphatic carbocycles. The van der Waals surface area contributed by atoms with Crippen molar-refractivity contribution in [2.24, 2.45) is 23.7 Å². The molecule has 4 atom stereocenters. The van der Waals surface area contributed by atoms with Crippen LogP contribution in [0.2, 0.25) is 0 Å². The number of rotatable bonds is 1. The van der Waals surface area contributed by atoms with Crippen molar-refractivity contribution in [2.45, 2.75) is 13.3 Å². The minimum atomic E-state index is -0.194. The van der Waals surface area contributed by atoms with Crippen LogP contribution in [0.3, 0.4) is 0 Å². The number of allylic oxidation sites excluding steroid dienone is 2. The van der Waals surface area contributed by atoms with Gasteiger partial charge < -0.3 is 5.11 Å². The van der Waals surface area contributed by atoms with Crippen molar-refractivity contribution < 1.29 is 14.7 Å². The van der Waals surface area contributed by atoms with Gasteiger partial charge in [-0.15, -0.1) is 0 Å². The molecule has 0 spiro atoms. The average molecular weight is 269 g/mol. The Bertz CT molecular complexity index is 634. The average Bonchev–Trinajstić information content (AvgIpc) is 3.08. The summed E-state index contributed by atoms with van der Waals surface area (Å²) in [7, 11) is 0. The lowest BCUT2D eigenvalue weighted by atomic mass is 9.85. The highest BCUT2D eigenvalue weighted by Gasteiger charge is 2.59. The molecule has 1 aliphatic heterocycles. The molecule has 20 heavy (non-hydrogen) atoms. The number of aryl methyl sites for hydroxylation is 1. The van der Waals surface area contributed by atoms with E-state index in [0.29, 0.717) is 5.69 Å². The summed E-state index contributed by atoms with van der Waals surface area (Å²) in [5, 5.41) is 9.79. The van der Waals surface area contributed by atoms with Crippen molar-refractivity contribution in [3.63, 3.8) is 0 Å². The molecule has 3 aliphatic rings. The summed E-state index contributed by atoms with van der Waals surface area (Å²) in [6.07, 6.45) is 5.08. The second-order valence-electron chi connectivity index (χ2n) is 5.98. The topological polar surface area (TPSA) is 57.6 Å². The minimum absolute atomic E-state index is 0.111. The van der Waals surface area contributed by atoms with E-state index in [1.54, 1.807) is 19.1 Å². The normalized spacial score (nSPS) is 34.1. The first-order valence-electron chi connectivity index (χ1n) is 6.93. The lowest BCUT2D eigenvalue weighted by molar-refractivity contribution is -0.123. The zero-order valence-electron chi connectivity index (χ0n) is 11.1. The van der Waals surface area contributed by atoms with E-state index in [1.807, 2.05) is 0 Å². The second-order valence-corrected chi connectivity index (χ2v) is 5.98. The molecule has 4 heteroatoms. The van der Waals surface area contributed by atoms with Gasteiger partial charge in [-0.1, -0.05) is 18.2 Å². The van der Waals surface area contributed by atoms with Gasteiger partial charge in [0.05, 0.1) is 17.5 Å². The largest absolute Gasteiger partial charge is 0.508 e. The molecule has 1 aromatic rings. The third-order valence-corrected chi connectivity index (χ3v) is 4.92. The van der Waals surface area contributed by atoms with Gasteiger partial charge in [0.15, 0.2) is 0 Å². The maximum Gasteiger partial charge on any atom is 0.238 e. The first kappa shape index (κ1) is 11.7. The van der Waals surface area contributed by atoms with Crippen molar-refractivity contribution in [1.82, 2.24) is 0 Å². The van der Waals surface area contributed by atoms with Crippen LogP contribution in [-0.2, 0) is 9.59 Å². The molecule has 1 heterocycles. The number of phenolic OH excluding ortho intramolecular Hbond substituents is 1. The van der Waals surface area contributed by atoms with Gasteiger partial charge in [-0.05, 0) is 36.8 Å². The van der Waals surface area contributed by atoms with Crippen LogP contribution >= 0.6 is 0 Å². The molecule has 4 unspecified atom stereocenters. The maximum atomic E-state index is 12.6. The van der Waals surface area contributed by atoms with Gasteiger partial charge in [0, 0.05) is 6.07 Å². The summed E-state index contributed by atoms with van der Waals surface area (Å²) in [6.45, 7) is 1.78. The number of anilines is 1. The van der Waals surface area contributed by atoms with Gasteiger partial charge in [0.2, 0.25) is 11.8 Å². The van der Waals surface area contributed by atoms with Gasteiger partial charge in [0.25, 0.3) is 0 Å². The molecule has 2 fully saturated rings. The van der Waals surface area contributed by atoms with E-state index in [2.05, 4.69) is 12.2 Å². The fourth-order valence-corrected chi connectivity index (χ4v) is 3.89. The van der Waals surface area contributed by atoms with E-state index in [4.69, 9.17) is 0 Å². The smallest absolute Gasteiger partial charge is 0.238 e. The Hall–Kier alpha value is -2.10. The number of aromatic hydroxyl groups is 1. The Labute approximate surface area is 116 Å². The predicted molar refractivity (Wildman–Crippen MR) is 73.1 cm³/mol. The highest BCUT2D eigenvalue weighted by Crippen LogP contribution is 2.53. The predicted octanol–water partition coefficient (Wildman–Crippen LogP) is 2.01. The Balaban J connectivity index is 1.76. The number of imide groups is 1. The Morgan fingerprint density at radius 2 is 1.70 bits per heavy atom. The van der Waals surface area contributed by atoms with E-state index in [-0.39, 0.29) is 41.2 Å². The molecule has 1 aromatic carbocycles. The standard InChI is InChI=1S/C16H15NO3/c1-8-2-5-11(7-12(8)18)17-15(19)13-9-3-4-10(6-9)14(13)16(17)20/h2-5,7,9-10,13-14,18H,6H2,1H3. The van der Waals surface area contributed by atoms with Crippen LogP contribution in [0, 0.1) is 30.6 Å². The number of hydrogen-bond donors (Lipinski definition) is 1. The van der Waals surface area contributed by atoms with Crippen molar-refractivity contribution in [2.75, 3.05) is 4.90 Å². The van der Waals surface area contributed by atoms with Gasteiger partial charge >= 0.3 is 0 Å². The molecule has 2 amide bonds. The monoisotopic (exact) mass is 269 g/mol. The third kappa shape index (κ3) is 1.31. The van der Waals surface area contributed by atoms with Crippen molar-refractivity contribution in [1.29, 1.82) is 0 Å². The van der Waals surface area contributed by atoms with Crippen LogP contribution in [-0.4, -0.2) is 16.9 Å². The fourth-order valence-electron chi connectivity index (χ4n) is 3.89. The molecule has 102 valence electrons. The van der Waals surface area contributed by atoms with E-state index in [1.165, 1.54) is 11.0 Å². The zero-order valence-corrected chi connectivity index (χ0v) is 11.1. The number of phenols is 1. The Kier molecular flexibility index (Phi) is 2.18. The summed E-state index contributed by atoms with van der Waals surface area (Å²) in [5.74, 6) is -0.0701. The zero-order chi connectivity index (χ0) is 14.0. The molecule has 0 radical (unpaired) electrons. The van der Waals surface area contributed by atoms with E-state index in [9.17, 15) is 14.7 Å². The van der Waals surface area contributed by atoms with E-state index in [0.717, 1.165) is 12.0 Å². The molecule has 1 saturated carbocycles. The fraction of sp³-hybridized carbons (Fsp3) is 0.375. The van der Waals surface area contributed by atoms with Crippen LogP contribution in [0.5, 0.6) is 5.75 Å². The molecule has 2 bridgehead atoms. The van der Waals surface area contributed by atoms with Crippen LogP contribution in [0.4, 0.5) is 5.69 Å². The highest BCUT2D eigenvalue weighted by atomic mass is 16.3. The van der Waals surface area contributed by atoms with Crippen LogP contribution in [0.25, 0.3) is 0 Å². The Morgan fingerprint density at radius 1 is 1.10 bits per heavy atom. The van der Waals surface area contributed by atoms with Crippen LogP contribution in [0.15, 0.2) is 30.4 Å². The highest BCUT2D eigenvalue weighted by molar-refractivity contribution is 6.22. The van der Waals surface area contributed by atoms with Gasteiger partial charge in [-0.2, -0.15) is 0 Å². The molecule has 0 aromatic heterocycles. The third-order valence-electron chi connectivity index (χ3n) is 4.92. The summed E-state index contributed by atoms with van der Waals surface area (Å²) in [4.78, 5) is 26.4. The Morgan fingerprint density at radius 3 is 2.25 bits per heavy atom. The summed E-state index contributed by atoms with van der Waals surface area (Å²) < 4.78 is 0. The second kappa shape index (κ2) is 3.72. The molecule has 4 nitrogen and oxygen atoms in total. The number of hydrogen-bond acceptors (Lipinski definition) is 3. The number of benzene rings is 1. The minimum Gasteiger partial charge on any atom is -0.508 e. The number of fused-ring (bicyclic) bond motifs is 5. The van der Waals surface area contributed by atoms with E-state index >= 15 is 0 Å². The van der Waals surface area contributed by atoms with Gasteiger partial charge in [-0.3, -0.25) is 9.59 Å². The SMILES string of the molecule is Cc1ccc(N2C(=O)C3C4C=CC(C4)C3C2=O)cc1O. The number of amides is 2. The van der Waals surface area contributed by atoms with Crippen LogP contribution < -0.4 is 4.90 Å². The van der Waals surface area contributed by atoms with Gasteiger partial charge in [-0.25, -0.2) is 4.90 Å². The van der Waals surface area contributed by atoms with Crippen molar-refractivity contribution >= 4 is 17.5 Å². The molecular weight excluding hydrogens is 254 g/mol. The lowest BCUT2D eigenvalue weighted by Gasteiger charge is -2.17. The number of carbonyl (C=O) groups is 2. The van der Waals surface area contributed by atoms with E-state index < -0.39 is 0 Å². The first-order chi connectivity index (χ1) is 9.58. The lowest BCUT2D eigenvalue weighted by Crippen LogP contribution is -2.32. The number of nitrogens with zero attached hydrogens (tertiary/aromatic N) is 1. The van der Waals surface area contributed by atoms with Crippen molar-refractivity contribution in [3.05, 3.63) is 35.9 Å². The summed E-state index contributed by atoms with van der Waals surface area (Å²) in [5.41, 5.74) is 1.21. The van der Waals surface area contributed by atoms with Crippen molar-refractivity contribution in [3.8, 4) is 5.75 Å².